The molecule has 0 amide bonds. The van der Waals surface area contributed by atoms with E-state index in [4.69, 9.17) is 10.5 Å². The molecule has 4 heteroatoms. The highest BCUT2D eigenvalue weighted by atomic mass is 19.1. The molecule has 1 heterocycles. The van der Waals surface area contributed by atoms with Gasteiger partial charge in [-0.15, -0.1) is 0 Å². The summed E-state index contributed by atoms with van der Waals surface area (Å²) in [5, 5.41) is 0. The third-order valence-corrected chi connectivity index (χ3v) is 3.34. The Morgan fingerprint density at radius 3 is 2.72 bits per heavy atom. The summed E-state index contributed by atoms with van der Waals surface area (Å²) in [7, 11) is 0. The monoisotopic (exact) mass is 252 g/mol. The molecule has 1 aromatic carbocycles. The van der Waals surface area contributed by atoms with Gasteiger partial charge in [0.2, 0.25) is 0 Å². The molecule has 100 valence electrons. The molecule has 1 aliphatic heterocycles. The van der Waals surface area contributed by atoms with E-state index in [9.17, 15) is 4.39 Å². The number of hydrogen-bond donors (Lipinski definition) is 1. The fourth-order valence-electron chi connectivity index (χ4n) is 2.27. The molecule has 0 spiro atoms. The first-order chi connectivity index (χ1) is 8.66. The van der Waals surface area contributed by atoms with Gasteiger partial charge in [0, 0.05) is 24.2 Å². The smallest absolute Gasteiger partial charge is 0.131 e. The van der Waals surface area contributed by atoms with Crippen LogP contribution in [0.3, 0.4) is 0 Å². The minimum absolute atomic E-state index is 0.288. The van der Waals surface area contributed by atoms with Crippen LogP contribution in [-0.2, 0) is 0 Å². The Balaban J connectivity index is 1.84. The summed E-state index contributed by atoms with van der Waals surface area (Å²) in [6, 6.07) is 4.61. The van der Waals surface area contributed by atoms with Crippen LogP contribution in [0.2, 0.25) is 0 Å². The van der Waals surface area contributed by atoms with E-state index in [1.807, 2.05) is 0 Å². The average Bonchev–Trinajstić information content (AvgIpc) is 2.81. The number of nitrogens with two attached hydrogens (primary N) is 1. The molecule has 18 heavy (non-hydrogen) atoms. The van der Waals surface area contributed by atoms with E-state index >= 15 is 0 Å². The molecule has 0 aromatic heterocycles. The van der Waals surface area contributed by atoms with E-state index in [2.05, 4.69) is 4.90 Å². The van der Waals surface area contributed by atoms with Crippen molar-refractivity contribution in [1.82, 2.24) is 4.90 Å². The summed E-state index contributed by atoms with van der Waals surface area (Å²) in [5.74, 6) is 0.291. The van der Waals surface area contributed by atoms with Gasteiger partial charge in [-0.25, -0.2) is 4.39 Å². The highest BCUT2D eigenvalue weighted by molar-refractivity contribution is 5.30. The van der Waals surface area contributed by atoms with Crippen molar-refractivity contribution in [1.29, 1.82) is 0 Å². The summed E-state index contributed by atoms with van der Waals surface area (Å²) in [6.45, 7) is 5.60. The van der Waals surface area contributed by atoms with Crippen LogP contribution < -0.4 is 10.5 Å². The van der Waals surface area contributed by atoms with Crippen LogP contribution in [-0.4, -0.2) is 31.1 Å². The number of rotatable bonds is 5. The maximum absolute atomic E-state index is 13.7. The van der Waals surface area contributed by atoms with Gasteiger partial charge < -0.3 is 10.5 Å². The van der Waals surface area contributed by atoms with Crippen molar-refractivity contribution in [3.05, 3.63) is 29.6 Å². The van der Waals surface area contributed by atoms with Crippen molar-refractivity contribution in [3.63, 3.8) is 0 Å². The third-order valence-electron chi connectivity index (χ3n) is 3.34. The Bertz CT molecular complexity index is 389. The van der Waals surface area contributed by atoms with E-state index in [1.165, 1.54) is 18.9 Å². The molecular formula is C14H21FN2O. The van der Waals surface area contributed by atoms with Crippen molar-refractivity contribution in [2.45, 2.75) is 25.8 Å². The van der Waals surface area contributed by atoms with Gasteiger partial charge in [-0.1, -0.05) is 6.07 Å². The van der Waals surface area contributed by atoms with E-state index in [0.29, 0.717) is 17.9 Å². The standard InChI is InChI=1S/C14H21FN2O/c1-11(16)13-5-4-12(10-14(13)15)18-9-8-17-6-2-3-7-17/h4-5,10-11H,2-3,6-9,16H2,1H3. The van der Waals surface area contributed by atoms with Crippen molar-refractivity contribution >= 4 is 0 Å². The lowest BCUT2D eigenvalue weighted by Crippen LogP contribution is -2.25. The van der Waals surface area contributed by atoms with Gasteiger partial charge in [0.05, 0.1) is 0 Å². The molecule has 1 aliphatic rings. The normalized spacial score (nSPS) is 17.9. The first kappa shape index (κ1) is 13.3. The molecule has 1 unspecified atom stereocenters. The number of ether oxygens (including phenoxy) is 1. The predicted molar refractivity (Wildman–Crippen MR) is 70.2 cm³/mol. The molecule has 0 bridgehead atoms. The number of likely N-dealkylation sites (tertiary alicyclic amines) is 1. The Kier molecular flexibility index (Phi) is 4.55. The second-order valence-corrected chi connectivity index (χ2v) is 4.87. The number of hydrogen-bond acceptors (Lipinski definition) is 3. The molecule has 0 aliphatic carbocycles. The molecule has 1 saturated heterocycles. The van der Waals surface area contributed by atoms with E-state index in [0.717, 1.165) is 19.6 Å². The van der Waals surface area contributed by atoms with Crippen molar-refractivity contribution in [3.8, 4) is 5.75 Å². The Morgan fingerprint density at radius 2 is 2.11 bits per heavy atom. The van der Waals surface area contributed by atoms with Crippen LogP contribution in [0.25, 0.3) is 0 Å². The first-order valence-corrected chi connectivity index (χ1v) is 6.57. The van der Waals surface area contributed by atoms with Crippen LogP contribution in [0.1, 0.15) is 31.4 Å². The topological polar surface area (TPSA) is 38.5 Å². The van der Waals surface area contributed by atoms with Gasteiger partial charge in [0.1, 0.15) is 18.2 Å². The second kappa shape index (κ2) is 6.16. The highest BCUT2D eigenvalue weighted by Crippen LogP contribution is 2.20. The lowest BCUT2D eigenvalue weighted by molar-refractivity contribution is 0.237. The molecule has 2 N–H and O–H groups in total. The van der Waals surface area contributed by atoms with Crippen molar-refractivity contribution < 1.29 is 9.13 Å². The van der Waals surface area contributed by atoms with Crippen LogP contribution >= 0.6 is 0 Å². The van der Waals surface area contributed by atoms with Crippen molar-refractivity contribution in [2.24, 2.45) is 5.73 Å². The van der Waals surface area contributed by atoms with Gasteiger partial charge >= 0.3 is 0 Å². The molecule has 1 atom stereocenters. The maximum Gasteiger partial charge on any atom is 0.131 e. The van der Waals surface area contributed by atoms with E-state index < -0.39 is 0 Å². The summed E-state index contributed by atoms with van der Waals surface area (Å²) in [6.07, 6.45) is 2.55. The third kappa shape index (κ3) is 3.43. The quantitative estimate of drug-likeness (QED) is 0.874. The zero-order valence-corrected chi connectivity index (χ0v) is 10.9. The van der Waals surface area contributed by atoms with Gasteiger partial charge in [0.15, 0.2) is 0 Å². The number of nitrogens with zero attached hydrogens (tertiary/aromatic N) is 1. The zero-order chi connectivity index (χ0) is 13.0. The van der Waals surface area contributed by atoms with Gasteiger partial charge in [-0.05, 0) is 38.9 Å². The molecule has 0 saturated carbocycles. The minimum Gasteiger partial charge on any atom is -0.492 e. The average molecular weight is 252 g/mol. The lowest BCUT2D eigenvalue weighted by atomic mass is 10.1. The van der Waals surface area contributed by atoms with Gasteiger partial charge in [-0.2, -0.15) is 0 Å². The molecule has 1 fully saturated rings. The zero-order valence-electron chi connectivity index (χ0n) is 10.9. The second-order valence-electron chi connectivity index (χ2n) is 4.87. The number of benzene rings is 1. The molecular weight excluding hydrogens is 231 g/mol. The fraction of sp³-hybridized carbons (Fsp3) is 0.571. The van der Waals surface area contributed by atoms with Crippen LogP contribution in [0, 0.1) is 5.82 Å². The SMILES string of the molecule is CC(N)c1ccc(OCCN2CCCC2)cc1F. The maximum atomic E-state index is 13.7. The minimum atomic E-state index is -0.288. The Labute approximate surface area is 108 Å². The lowest BCUT2D eigenvalue weighted by Gasteiger charge is -2.15. The highest BCUT2D eigenvalue weighted by Gasteiger charge is 2.11. The summed E-state index contributed by atoms with van der Waals surface area (Å²) in [5.41, 5.74) is 6.19. The summed E-state index contributed by atoms with van der Waals surface area (Å²) >= 11 is 0. The van der Waals surface area contributed by atoms with E-state index in [1.54, 1.807) is 19.1 Å². The fourth-order valence-corrected chi connectivity index (χ4v) is 2.27. The van der Waals surface area contributed by atoms with Crippen molar-refractivity contribution in [2.75, 3.05) is 26.2 Å². The largest absolute Gasteiger partial charge is 0.492 e. The summed E-state index contributed by atoms with van der Waals surface area (Å²) < 4.78 is 19.2. The molecule has 0 radical (unpaired) electrons. The van der Waals surface area contributed by atoms with Gasteiger partial charge in [0.25, 0.3) is 0 Å². The van der Waals surface area contributed by atoms with E-state index in [-0.39, 0.29) is 11.9 Å². The Morgan fingerprint density at radius 1 is 1.39 bits per heavy atom. The number of halogens is 1. The Hall–Kier alpha value is -1.13. The molecule has 3 nitrogen and oxygen atoms in total. The molecule has 2 rings (SSSR count). The van der Waals surface area contributed by atoms with Gasteiger partial charge in [-0.3, -0.25) is 4.90 Å². The first-order valence-electron chi connectivity index (χ1n) is 6.57. The molecule has 1 aromatic rings. The predicted octanol–water partition coefficient (Wildman–Crippen LogP) is 2.32. The van der Waals surface area contributed by atoms with Crippen LogP contribution in [0.15, 0.2) is 18.2 Å². The summed E-state index contributed by atoms with van der Waals surface area (Å²) in [4.78, 5) is 2.37. The van der Waals surface area contributed by atoms with Crippen LogP contribution in [0.4, 0.5) is 4.39 Å². The van der Waals surface area contributed by atoms with Crippen LogP contribution in [0.5, 0.6) is 5.75 Å².